The van der Waals surface area contributed by atoms with Crippen LogP contribution in [-0.2, 0) is 24.1 Å². The van der Waals surface area contributed by atoms with Crippen LogP contribution < -0.4 is 44.7 Å². The Kier molecular flexibility index (Phi) is 10.5. The largest absolute Gasteiger partial charge is 1.00 e. The molecular formula is C17H21N2NaO10S. The van der Waals surface area contributed by atoms with Crippen molar-refractivity contribution in [1.29, 1.82) is 0 Å². The van der Waals surface area contributed by atoms with Crippen molar-refractivity contribution in [3.8, 4) is 5.75 Å². The minimum Gasteiger partial charge on any atom is -0.862 e. The number of amides is 1. The normalized spacial score (nSPS) is 26.5. The zero-order chi connectivity index (χ0) is 22.5. The van der Waals surface area contributed by atoms with Gasteiger partial charge in [-0.3, -0.25) is 14.3 Å². The number of aliphatic hydroxyl groups excluding tert-OH is 2. The molecule has 4 N–H and O–H groups in total. The van der Waals surface area contributed by atoms with Crippen LogP contribution in [0.2, 0.25) is 0 Å². The van der Waals surface area contributed by atoms with Crippen LogP contribution in [0, 0.1) is 0 Å². The van der Waals surface area contributed by atoms with Crippen LogP contribution in [0.4, 0.5) is 5.69 Å². The molecule has 0 aliphatic carbocycles. The average Bonchev–Trinajstić information content (AvgIpc) is 2.66. The van der Waals surface area contributed by atoms with E-state index in [9.17, 15) is 28.5 Å². The minimum absolute atomic E-state index is 0. The molecule has 0 spiro atoms. The molecule has 31 heavy (non-hydrogen) atoms. The van der Waals surface area contributed by atoms with E-state index in [1.54, 1.807) is 0 Å². The van der Waals surface area contributed by atoms with E-state index in [4.69, 9.17) is 14.0 Å². The van der Waals surface area contributed by atoms with Crippen molar-refractivity contribution in [2.45, 2.75) is 37.6 Å². The van der Waals surface area contributed by atoms with Crippen LogP contribution in [0.3, 0.4) is 0 Å². The van der Waals surface area contributed by atoms with Gasteiger partial charge >= 0.3 is 40.0 Å². The van der Waals surface area contributed by atoms with Gasteiger partial charge in [-0.2, -0.15) is 8.42 Å². The van der Waals surface area contributed by atoms with Gasteiger partial charge in [0.1, 0.15) is 30.1 Å². The Morgan fingerprint density at radius 3 is 2.48 bits per heavy atom. The van der Waals surface area contributed by atoms with E-state index in [0.29, 0.717) is 5.69 Å². The number of aliphatic hydroxyl groups is 2. The van der Waals surface area contributed by atoms with Gasteiger partial charge in [0.2, 0.25) is 12.2 Å². The van der Waals surface area contributed by atoms with Gasteiger partial charge in [-0.05, 0) is 43.2 Å². The molecule has 0 unspecified atom stereocenters. The third kappa shape index (κ3) is 8.14. The number of benzene rings is 1. The molecule has 1 heterocycles. The Balaban J connectivity index is 0.00000480. The fourth-order valence-electron chi connectivity index (χ4n) is 2.69. The van der Waals surface area contributed by atoms with E-state index in [0.717, 1.165) is 13.0 Å². The summed E-state index contributed by atoms with van der Waals surface area (Å²) in [6, 6.07) is 4.35. The molecule has 0 aromatic heterocycles. The standard InChI is InChI=1S/C17H22N2O10S.Na/c1-3-13(22)19-10-4-6-11(7-5-10)27-17-14(18-9(2)21)16(29-30(24,25)26)15(23)12(8-20)28-17;/h3-7,12,14-17,20,23H,1,8H2,2H3,(H,18,21)(H,19,22)(H,24,25,26);/q;+1/p-1/t12-,14-,15-,16-,17-;/m1./s1. The molecule has 1 saturated heterocycles. The summed E-state index contributed by atoms with van der Waals surface area (Å²) in [5.41, 5.74) is 0.429. The number of anilines is 1. The maximum absolute atomic E-state index is 11.5. The number of hydrogen-bond acceptors (Lipinski definition) is 10. The van der Waals surface area contributed by atoms with Crippen molar-refractivity contribution in [2.75, 3.05) is 11.9 Å². The molecule has 2 rings (SSSR count). The van der Waals surface area contributed by atoms with Crippen LogP contribution in [0.25, 0.3) is 0 Å². The monoisotopic (exact) mass is 468 g/mol. The number of carbonyl (C=O) groups is 1. The molecule has 1 aliphatic rings. The van der Waals surface area contributed by atoms with Gasteiger partial charge in [-0.1, -0.05) is 6.58 Å². The summed E-state index contributed by atoms with van der Waals surface area (Å²) in [5.74, 6) is -1.01. The second kappa shape index (κ2) is 11.9. The molecule has 14 heteroatoms. The zero-order valence-electron chi connectivity index (χ0n) is 16.7. The first-order valence-corrected chi connectivity index (χ1v) is 9.92. The second-order valence-electron chi connectivity index (χ2n) is 6.18. The van der Waals surface area contributed by atoms with Gasteiger partial charge in [0, 0.05) is 5.69 Å². The quantitative estimate of drug-likeness (QED) is 0.0954. The third-order valence-electron chi connectivity index (χ3n) is 3.94. The van der Waals surface area contributed by atoms with Crippen LogP contribution in [0.15, 0.2) is 41.9 Å². The van der Waals surface area contributed by atoms with Gasteiger partial charge in [0.25, 0.3) is 0 Å². The predicted octanol–water partition coefficient (Wildman–Crippen LogP) is -4.39. The average molecular weight is 468 g/mol. The van der Waals surface area contributed by atoms with E-state index < -0.39 is 59.5 Å². The molecule has 0 radical (unpaired) electrons. The fourth-order valence-corrected chi connectivity index (χ4v) is 3.20. The van der Waals surface area contributed by atoms with E-state index in [-0.39, 0.29) is 35.3 Å². The van der Waals surface area contributed by atoms with Crippen molar-refractivity contribution < 1.29 is 76.3 Å². The van der Waals surface area contributed by atoms with Gasteiger partial charge in [0.15, 0.2) is 0 Å². The van der Waals surface area contributed by atoms with Crippen LogP contribution >= 0.6 is 0 Å². The molecule has 12 nitrogen and oxygen atoms in total. The zero-order valence-corrected chi connectivity index (χ0v) is 19.6. The minimum atomic E-state index is -5.05. The Bertz CT molecular complexity index is 889. The summed E-state index contributed by atoms with van der Waals surface area (Å²) < 4.78 is 46.9. The summed E-state index contributed by atoms with van der Waals surface area (Å²) in [7, 11) is -5.05. The third-order valence-corrected chi connectivity index (χ3v) is 4.41. The van der Waals surface area contributed by atoms with E-state index in [1.807, 2.05) is 0 Å². The summed E-state index contributed by atoms with van der Waals surface area (Å²) in [5, 5.41) is 33.7. The van der Waals surface area contributed by atoms with E-state index >= 15 is 0 Å². The van der Waals surface area contributed by atoms with Gasteiger partial charge in [0.05, 0.1) is 6.61 Å². The second-order valence-corrected chi connectivity index (χ2v) is 7.23. The Morgan fingerprint density at radius 1 is 1.39 bits per heavy atom. The summed E-state index contributed by atoms with van der Waals surface area (Å²) in [4.78, 5) is 15.0. The van der Waals surface area contributed by atoms with Gasteiger partial charge in [-0.15, -0.1) is 0 Å². The fraction of sp³-hybridized carbons (Fsp3) is 0.412. The molecule has 1 amide bonds. The SMILES string of the molecule is C=CC(=O)Nc1ccc(O[C@@H]2O[C@H](CO)[C@@H](O)[C@H](OS(=O)(=O)O)[C@H]2N=C(C)[O-])cc1.[Na+]. The first-order chi connectivity index (χ1) is 14.0. The molecule has 1 fully saturated rings. The number of hydrogen-bond donors (Lipinski definition) is 4. The predicted molar refractivity (Wildman–Crippen MR) is 101 cm³/mol. The number of rotatable bonds is 8. The van der Waals surface area contributed by atoms with E-state index in [2.05, 4.69) is 21.1 Å². The molecule has 0 bridgehead atoms. The molecule has 166 valence electrons. The van der Waals surface area contributed by atoms with Crippen molar-refractivity contribution in [3.63, 3.8) is 0 Å². The van der Waals surface area contributed by atoms with Crippen LogP contribution in [0.5, 0.6) is 5.75 Å². The topological polar surface area (TPSA) is 187 Å². The van der Waals surface area contributed by atoms with Crippen molar-refractivity contribution >= 4 is 27.9 Å². The summed E-state index contributed by atoms with van der Waals surface area (Å²) >= 11 is 0. The van der Waals surface area contributed by atoms with Crippen molar-refractivity contribution in [3.05, 3.63) is 36.9 Å². The number of aliphatic imine (C=N–C) groups is 1. The van der Waals surface area contributed by atoms with E-state index in [1.165, 1.54) is 24.3 Å². The summed E-state index contributed by atoms with van der Waals surface area (Å²) in [6.45, 7) is 3.66. The Morgan fingerprint density at radius 2 is 2.00 bits per heavy atom. The molecule has 5 atom stereocenters. The van der Waals surface area contributed by atoms with Crippen LogP contribution in [0.1, 0.15) is 6.92 Å². The number of carbonyl (C=O) groups excluding carboxylic acids is 1. The Hall–Kier alpha value is -1.55. The number of nitrogens with zero attached hydrogens (tertiary/aromatic N) is 1. The molecule has 0 saturated carbocycles. The van der Waals surface area contributed by atoms with Crippen LogP contribution in [-0.4, -0.2) is 72.2 Å². The smallest absolute Gasteiger partial charge is 0.862 e. The van der Waals surface area contributed by atoms with Gasteiger partial charge < -0.3 is 30.1 Å². The maximum Gasteiger partial charge on any atom is 1.00 e. The Labute approximate surface area is 200 Å². The summed E-state index contributed by atoms with van der Waals surface area (Å²) in [6.07, 6.45) is -5.25. The first kappa shape index (κ1) is 27.5. The van der Waals surface area contributed by atoms with Gasteiger partial charge in [-0.25, -0.2) is 4.18 Å². The molecule has 1 aromatic carbocycles. The first-order valence-electron chi connectivity index (χ1n) is 8.55. The number of nitrogens with one attached hydrogen (secondary N) is 1. The molecular weight excluding hydrogens is 447 g/mol. The molecule has 1 aromatic rings. The van der Waals surface area contributed by atoms with Crippen molar-refractivity contribution in [1.82, 2.24) is 0 Å². The molecule has 1 aliphatic heterocycles. The maximum atomic E-state index is 11.5. The van der Waals surface area contributed by atoms with Crippen molar-refractivity contribution in [2.24, 2.45) is 4.99 Å². The number of ether oxygens (including phenoxy) is 2.